The Balaban J connectivity index is 1.39. The minimum Gasteiger partial charge on any atom is -0.480 e. The van der Waals surface area contributed by atoms with Crippen LogP contribution in [0, 0.1) is 0 Å². The summed E-state index contributed by atoms with van der Waals surface area (Å²) in [6.45, 7) is 2.17. The van der Waals surface area contributed by atoms with Gasteiger partial charge in [0, 0.05) is 33.3 Å². The second-order valence-corrected chi connectivity index (χ2v) is 7.09. The smallest absolute Gasteiger partial charge is 0.345 e. The molecule has 0 radical (unpaired) electrons. The molecular weight excluding hydrogens is 374 g/mol. The number of ether oxygens (including phenoxy) is 1. The zero-order valence-electron chi connectivity index (χ0n) is 16.2. The predicted molar refractivity (Wildman–Crippen MR) is 103 cm³/mol. The van der Waals surface area contributed by atoms with Crippen molar-refractivity contribution in [3.63, 3.8) is 0 Å². The molecule has 0 saturated carbocycles. The molecule has 1 aliphatic rings. The number of carbonyl (C=O) groups excluding carboxylic acids is 1. The summed E-state index contributed by atoms with van der Waals surface area (Å²) in [7, 11) is 3.22. The van der Waals surface area contributed by atoms with E-state index in [0.29, 0.717) is 18.0 Å². The Labute approximate surface area is 167 Å². The van der Waals surface area contributed by atoms with E-state index < -0.39 is 0 Å². The summed E-state index contributed by atoms with van der Waals surface area (Å²) in [6.07, 6.45) is 2.73. The van der Waals surface area contributed by atoms with Crippen LogP contribution in [-0.2, 0) is 26.2 Å². The summed E-state index contributed by atoms with van der Waals surface area (Å²) in [4.78, 5) is 28.0. The van der Waals surface area contributed by atoms with Crippen molar-refractivity contribution >= 4 is 6.03 Å². The lowest BCUT2D eigenvalue weighted by Gasteiger charge is -2.14. The number of hydrogen-bond acceptors (Lipinski definition) is 7. The largest absolute Gasteiger partial charge is 0.480 e. The Morgan fingerprint density at radius 2 is 1.97 bits per heavy atom. The molecule has 0 fully saturated rings. The molecule has 0 unspecified atom stereocenters. The third-order valence-electron chi connectivity index (χ3n) is 4.70. The molecule has 2 aromatic heterocycles. The highest BCUT2D eigenvalue weighted by atomic mass is 16.5. The third-order valence-corrected chi connectivity index (χ3v) is 4.70. The third kappa shape index (κ3) is 4.04. The lowest BCUT2D eigenvalue weighted by atomic mass is 10.1. The van der Waals surface area contributed by atoms with Gasteiger partial charge in [0.05, 0.1) is 12.7 Å². The molecule has 0 atom stereocenters. The van der Waals surface area contributed by atoms with Gasteiger partial charge in [0.2, 0.25) is 11.2 Å². The average molecular weight is 395 g/mol. The normalized spacial score (nSPS) is 13.3. The molecule has 150 valence electrons. The van der Waals surface area contributed by atoms with E-state index in [9.17, 15) is 9.59 Å². The number of benzene rings is 1. The molecule has 9 heteroatoms. The van der Waals surface area contributed by atoms with E-state index in [4.69, 9.17) is 9.15 Å². The molecule has 0 N–H and O–H groups in total. The molecule has 3 aromatic rings. The highest BCUT2D eigenvalue weighted by Crippen LogP contribution is 2.24. The minimum atomic E-state index is -0.352. The summed E-state index contributed by atoms with van der Waals surface area (Å²) < 4.78 is 12.3. The van der Waals surface area contributed by atoms with Crippen molar-refractivity contribution in [3.8, 4) is 5.75 Å². The van der Waals surface area contributed by atoms with Crippen LogP contribution in [0.3, 0.4) is 0 Å². The standard InChI is InChI=1S/C20H21N5O4/c1-23(2)20(27)25-16(8-21-22-25)12-29-19-13-28-17(7-18(19)26)11-24-9-14-5-3-4-6-15(14)10-24/h3-8,13H,9-12H2,1-2H3. The molecule has 29 heavy (non-hydrogen) atoms. The topological polar surface area (TPSA) is 93.7 Å². The first-order valence-electron chi connectivity index (χ1n) is 9.16. The summed E-state index contributed by atoms with van der Waals surface area (Å²) in [5, 5.41) is 7.48. The maximum absolute atomic E-state index is 12.4. The Morgan fingerprint density at radius 3 is 2.62 bits per heavy atom. The van der Waals surface area contributed by atoms with Crippen LogP contribution in [-0.4, -0.2) is 44.9 Å². The fourth-order valence-electron chi connectivity index (χ4n) is 3.22. The van der Waals surface area contributed by atoms with Crippen LogP contribution in [0.1, 0.15) is 22.6 Å². The molecule has 3 heterocycles. The van der Waals surface area contributed by atoms with Gasteiger partial charge in [-0.1, -0.05) is 29.5 Å². The number of nitrogens with zero attached hydrogens (tertiary/aromatic N) is 5. The fraction of sp³-hybridized carbons (Fsp3) is 0.300. The minimum absolute atomic E-state index is 0.0296. The van der Waals surface area contributed by atoms with Gasteiger partial charge < -0.3 is 14.1 Å². The lowest BCUT2D eigenvalue weighted by Crippen LogP contribution is -2.30. The summed E-state index contributed by atoms with van der Waals surface area (Å²) >= 11 is 0. The van der Waals surface area contributed by atoms with Gasteiger partial charge in [-0.3, -0.25) is 9.69 Å². The van der Waals surface area contributed by atoms with Crippen molar-refractivity contribution in [2.24, 2.45) is 0 Å². The highest BCUT2D eigenvalue weighted by Gasteiger charge is 2.20. The molecule has 0 spiro atoms. The number of rotatable bonds is 5. The van der Waals surface area contributed by atoms with Crippen LogP contribution in [0.5, 0.6) is 5.75 Å². The maximum Gasteiger partial charge on any atom is 0.345 e. The van der Waals surface area contributed by atoms with Crippen LogP contribution >= 0.6 is 0 Å². The van der Waals surface area contributed by atoms with E-state index in [1.54, 1.807) is 14.1 Å². The quantitative estimate of drug-likeness (QED) is 0.651. The Morgan fingerprint density at radius 1 is 1.24 bits per heavy atom. The van der Waals surface area contributed by atoms with Gasteiger partial charge in [-0.05, 0) is 11.1 Å². The van der Waals surface area contributed by atoms with Crippen molar-refractivity contribution in [1.29, 1.82) is 0 Å². The first kappa shape index (κ1) is 18.9. The first-order chi connectivity index (χ1) is 14.0. The number of carbonyl (C=O) groups is 1. The van der Waals surface area contributed by atoms with Crippen LogP contribution in [0.4, 0.5) is 4.79 Å². The number of hydrogen-bond donors (Lipinski definition) is 0. The van der Waals surface area contributed by atoms with Gasteiger partial charge in [0.1, 0.15) is 24.3 Å². The van der Waals surface area contributed by atoms with Gasteiger partial charge in [-0.15, -0.1) is 5.10 Å². The average Bonchev–Trinajstić information content (AvgIpc) is 3.32. The van der Waals surface area contributed by atoms with E-state index in [2.05, 4.69) is 27.3 Å². The second-order valence-electron chi connectivity index (χ2n) is 7.09. The van der Waals surface area contributed by atoms with E-state index in [-0.39, 0.29) is 23.8 Å². The van der Waals surface area contributed by atoms with Crippen LogP contribution in [0.25, 0.3) is 0 Å². The summed E-state index contributed by atoms with van der Waals surface area (Å²) in [5.74, 6) is 0.646. The van der Waals surface area contributed by atoms with Crippen molar-refractivity contribution in [3.05, 3.63) is 75.6 Å². The molecule has 9 nitrogen and oxygen atoms in total. The van der Waals surface area contributed by atoms with Gasteiger partial charge in [0.25, 0.3) is 0 Å². The van der Waals surface area contributed by atoms with Crippen LogP contribution in [0.15, 0.2) is 52.0 Å². The van der Waals surface area contributed by atoms with Crippen molar-refractivity contribution in [2.45, 2.75) is 26.2 Å². The van der Waals surface area contributed by atoms with E-state index in [1.165, 1.54) is 34.6 Å². The second kappa shape index (κ2) is 7.88. The molecule has 4 rings (SSSR count). The molecule has 1 amide bonds. The molecule has 0 bridgehead atoms. The maximum atomic E-state index is 12.4. The molecule has 1 aliphatic heterocycles. The number of fused-ring (bicyclic) bond motifs is 1. The van der Waals surface area contributed by atoms with Crippen LogP contribution < -0.4 is 10.2 Å². The number of aromatic nitrogens is 3. The highest BCUT2D eigenvalue weighted by molar-refractivity contribution is 5.75. The Hall–Kier alpha value is -3.46. The van der Waals surface area contributed by atoms with E-state index in [0.717, 1.165) is 17.8 Å². The van der Waals surface area contributed by atoms with Gasteiger partial charge >= 0.3 is 6.03 Å². The zero-order valence-corrected chi connectivity index (χ0v) is 16.2. The molecule has 0 aliphatic carbocycles. The van der Waals surface area contributed by atoms with Crippen molar-refractivity contribution in [1.82, 2.24) is 24.8 Å². The van der Waals surface area contributed by atoms with Crippen molar-refractivity contribution < 1.29 is 13.9 Å². The van der Waals surface area contributed by atoms with Gasteiger partial charge in [0.15, 0.2) is 0 Å². The first-order valence-corrected chi connectivity index (χ1v) is 9.16. The van der Waals surface area contributed by atoms with Crippen molar-refractivity contribution in [2.75, 3.05) is 14.1 Å². The summed E-state index contributed by atoms with van der Waals surface area (Å²) in [6, 6.07) is 9.38. The predicted octanol–water partition coefficient (Wildman–Crippen LogP) is 1.86. The monoisotopic (exact) mass is 395 g/mol. The van der Waals surface area contributed by atoms with Gasteiger partial charge in [-0.25, -0.2) is 4.79 Å². The van der Waals surface area contributed by atoms with E-state index in [1.807, 2.05) is 12.1 Å². The molecule has 0 saturated heterocycles. The summed E-state index contributed by atoms with van der Waals surface area (Å²) in [5.41, 5.74) is 2.75. The zero-order chi connectivity index (χ0) is 20.4. The Kier molecular flexibility index (Phi) is 5.13. The van der Waals surface area contributed by atoms with E-state index >= 15 is 0 Å². The van der Waals surface area contributed by atoms with Crippen LogP contribution in [0.2, 0.25) is 0 Å². The molecule has 1 aromatic carbocycles. The lowest BCUT2D eigenvalue weighted by molar-refractivity contribution is 0.210. The van der Waals surface area contributed by atoms with Gasteiger partial charge in [-0.2, -0.15) is 4.68 Å². The number of amides is 1. The SMILES string of the molecule is CN(C)C(=O)n1nncc1COc1coc(CN2Cc3ccccc3C2)cc1=O. The molecular formula is C20H21N5O4. The Bertz CT molecular complexity index is 1060. The fourth-order valence-corrected chi connectivity index (χ4v) is 3.22.